The van der Waals surface area contributed by atoms with E-state index in [2.05, 4.69) is 16.0 Å². The van der Waals surface area contributed by atoms with E-state index >= 15 is 0 Å². The number of nitrogens with one attached hydrogen (secondary N) is 3. The van der Waals surface area contributed by atoms with E-state index in [0.29, 0.717) is 21.8 Å². The van der Waals surface area contributed by atoms with Crippen LogP contribution in [0.15, 0.2) is 138 Å². The van der Waals surface area contributed by atoms with Crippen LogP contribution in [0.1, 0.15) is 26.7 Å². The van der Waals surface area contributed by atoms with Crippen molar-refractivity contribution in [2.75, 3.05) is 29.6 Å². The van der Waals surface area contributed by atoms with Crippen molar-refractivity contribution in [1.29, 1.82) is 0 Å². The van der Waals surface area contributed by atoms with Crippen LogP contribution in [0, 0.1) is 5.82 Å². The first kappa shape index (κ1) is 34.0. The van der Waals surface area contributed by atoms with Gasteiger partial charge < -0.3 is 20.9 Å². The van der Waals surface area contributed by atoms with Crippen LogP contribution in [0.2, 0.25) is 5.02 Å². The number of rotatable bonds is 11. The van der Waals surface area contributed by atoms with Crippen molar-refractivity contribution in [2.24, 2.45) is 0 Å². The molecule has 3 amide bonds. The smallest absolute Gasteiger partial charge is 0.272 e. The van der Waals surface area contributed by atoms with E-state index in [-0.39, 0.29) is 16.6 Å². The molecule has 5 aromatic carbocycles. The Morgan fingerprint density at radius 1 is 0.771 bits per heavy atom. The van der Waals surface area contributed by atoms with Crippen molar-refractivity contribution in [3.8, 4) is 0 Å². The third kappa shape index (κ3) is 9.12. The number of thioether (sulfide) groups is 1. The average Bonchev–Trinajstić information content (AvgIpc) is 3.09. The summed E-state index contributed by atoms with van der Waals surface area (Å²) in [6, 6.07) is 36.5. The van der Waals surface area contributed by atoms with Crippen LogP contribution in [0.25, 0.3) is 6.08 Å². The number of carbonyl (C=O) groups excluding carboxylic acids is 3. The van der Waals surface area contributed by atoms with Crippen LogP contribution in [-0.2, 0) is 9.59 Å². The molecular formula is C38H32ClFN4O3S. The quantitative estimate of drug-likeness (QED) is 0.0964. The minimum Gasteiger partial charge on any atom is -0.378 e. The second-order valence-corrected chi connectivity index (χ2v) is 12.5. The lowest BCUT2D eigenvalue weighted by Gasteiger charge is -2.18. The van der Waals surface area contributed by atoms with Crippen molar-refractivity contribution < 1.29 is 18.8 Å². The Balaban J connectivity index is 1.38. The molecular weight excluding hydrogens is 647 g/mol. The Labute approximate surface area is 287 Å². The van der Waals surface area contributed by atoms with Gasteiger partial charge in [-0.25, -0.2) is 4.39 Å². The number of nitrogens with zero attached hydrogens (tertiary/aromatic N) is 1. The molecule has 0 aliphatic heterocycles. The molecule has 0 heterocycles. The molecule has 242 valence electrons. The molecule has 5 rings (SSSR count). The lowest BCUT2D eigenvalue weighted by molar-refractivity contribution is -0.116. The standard InChI is InChI=1S/C38H32ClFN4O3S/c1-44(2)30-19-16-25(17-20-30)22-34(43-36(45)27-12-7-4-8-13-27)37(46)41-28-14-9-15-31(23-28)48-35(26-10-5-3-6-11-26)38(47)42-29-18-21-33(40)32(39)24-29/h3-24,35H,1-2H3,(H,41,46)(H,42,47)(H,43,45)/b34-22+. The third-order valence-electron chi connectivity index (χ3n) is 7.12. The predicted octanol–water partition coefficient (Wildman–Crippen LogP) is 8.43. The second kappa shape index (κ2) is 15.9. The fourth-order valence-corrected chi connectivity index (χ4v) is 5.91. The fraction of sp³-hybridized carbons (Fsp3) is 0.0789. The van der Waals surface area contributed by atoms with Gasteiger partial charge in [-0.3, -0.25) is 14.4 Å². The largest absolute Gasteiger partial charge is 0.378 e. The Kier molecular flexibility index (Phi) is 11.3. The Morgan fingerprint density at radius 3 is 2.10 bits per heavy atom. The number of hydrogen-bond acceptors (Lipinski definition) is 5. The molecule has 0 aliphatic carbocycles. The Hall–Kier alpha value is -5.38. The normalized spacial score (nSPS) is 11.7. The monoisotopic (exact) mass is 678 g/mol. The third-order valence-corrected chi connectivity index (χ3v) is 8.66. The van der Waals surface area contributed by atoms with Gasteiger partial charge in [-0.2, -0.15) is 0 Å². The molecule has 1 unspecified atom stereocenters. The number of anilines is 3. The minimum atomic E-state index is -0.688. The van der Waals surface area contributed by atoms with Crippen LogP contribution in [0.4, 0.5) is 21.5 Å². The van der Waals surface area contributed by atoms with Crippen molar-refractivity contribution in [3.63, 3.8) is 0 Å². The maximum absolute atomic E-state index is 13.7. The first-order valence-corrected chi connectivity index (χ1v) is 16.2. The molecule has 0 bridgehead atoms. The van der Waals surface area contributed by atoms with Crippen molar-refractivity contribution >= 4 is 64.2 Å². The summed E-state index contributed by atoms with van der Waals surface area (Å²) in [5.41, 5.74) is 3.75. The lowest BCUT2D eigenvalue weighted by Crippen LogP contribution is -2.30. The minimum absolute atomic E-state index is 0.0546. The van der Waals surface area contributed by atoms with Gasteiger partial charge in [-0.15, -0.1) is 11.8 Å². The molecule has 7 nitrogen and oxygen atoms in total. The van der Waals surface area contributed by atoms with Crippen LogP contribution in [0.3, 0.4) is 0 Å². The Morgan fingerprint density at radius 2 is 1.44 bits per heavy atom. The summed E-state index contributed by atoms with van der Waals surface area (Å²) < 4.78 is 13.7. The summed E-state index contributed by atoms with van der Waals surface area (Å²) in [5, 5.41) is 7.69. The van der Waals surface area contributed by atoms with E-state index in [1.807, 2.05) is 85.7 Å². The van der Waals surface area contributed by atoms with Gasteiger partial charge in [0.05, 0.1) is 5.02 Å². The maximum atomic E-state index is 13.7. The maximum Gasteiger partial charge on any atom is 0.272 e. The zero-order valence-corrected chi connectivity index (χ0v) is 27.7. The highest BCUT2D eigenvalue weighted by molar-refractivity contribution is 8.00. The molecule has 0 saturated heterocycles. The van der Waals surface area contributed by atoms with E-state index in [4.69, 9.17) is 11.6 Å². The van der Waals surface area contributed by atoms with Crippen molar-refractivity contribution in [1.82, 2.24) is 5.32 Å². The highest BCUT2D eigenvalue weighted by atomic mass is 35.5. The summed E-state index contributed by atoms with van der Waals surface area (Å²) in [7, 11) is 3.87. The zero-order chi connectivity index (χ0) is 34.0. The van der Waals surface area contributed by atoms with Crippen LogP contribution in [-0.4, -0.2) is 31.8 Å². The van der Waals surface area contributed by atoms with Crippen LogP contribution in [0.5, 0.6) is 0 Å². The SMILES string of the molecule is CN(C)c1ccc(/C=C(/NC(=O)c2ccccc2)C(=O)Nc2cccc(SC(C(=O)Nc3ccc(F)c(Cl)c3)c3ccccc3)c2)cc1. The predicted molar refractivity (Wildman–Crippen MR) is 193 cm³/mol. The molecule has 3 N–H and O–H groups in total. The van der Waals surface area contributed by atoms with E-state index in [1.54, 1.807) is 48.5 Å². The van der Waals surface area contributed by atoms with Gasteiger partial charge in [0.15, 0.2) is 0 Å². The first-order valence-electron chi connectivity index (χ1n) is 14.9. The summed E-state index contributed by atoms with van der Waals surface area (Å²) >= 11 is 7.21. The molecule has 0 radical (unpaired) electrons. The van der Waals surface area contributed by atoms with Gasteiger partial charge >= 0.3 is 0 Å². The van der Waals surface area contributed by atoms with Gasteiger partial charge in [0.2, 0.25) is 5.91 Å². The Bertz CT molecular complexity index is 1940. The number of amides is 3. The van der Waals surface area contributed by atoms with E-state index in [0.717, 1.165) is 16.8 Å². The molecule has 5 aromatic rings. The molecule has 0 fully saturated rings. The lowest BCUT2D eigenvalue weighted by atomic mass is 10.1. The van der Waals surface area contributed by atoms with Gasteiger partial charge in [0.1, 0.15) is 16.8 Å². The average molecular weight is 679 g/mol. The van der Waals surface area contributed by atoms with E-state index in [1.165, 1.54) is 30.0 Å². The highest BCUT2D eigenvalue weighted by Crippen LogP contribution is 2.37. The fourth-order valence-electron chi connectivity index (χ4n) is 4.64. The molecule has 10 heteroatoms. The van der Waals surface area contributed by atoms with Crippen molar-refractivity contribution in [3.05, 3.63) is 161 Å². The van der Waals surface area contributed by atoms with Gasteiger partial charge in [-0.05, 0) is 77.9 Å². The molecule has 48 heavy (non-hydrogen) atoms. The van der Waals surface area contributed by atoms with Crippen LogP contribution < -0.4 is 20.9 Å². The zero-order valence-electron chi connectivity index (χ0n) is 26.1. The molecule has 0 aliphatic rings. The van der Waals surface area contributed by atoms with Gasteiger partial charge in [0, 0.05) is 41.6 Å². The number of benzene rings is 5. The highest BCUT2D eigenvalue weighted by Gasteiger charge is 2.23. The molecule has 0 saturated carbocycles. The molecule has 0 aromatic heterocycles. The van der Waals surface area contributed by atoms with Gasteiger partial charge in [0.25, 0.3) is 11.8 Å². The summed E-state index contributed by atoms with van der Waals surface area (Å²) in [6.07, 6.45) is 1.62. The number of halogens is 2. The van der Waals surface area contributed by atoms with Crippen LogP contribution >= 0.6 is 23.4 Å². The molecule has 0 spiro atoms. The topological polar surface area (TPSA) is 90.5 Å². The number of hydrogen-bond donors (Lipinski definition) is 3. The van der Waals surface area contributed by atoms with Gasteiger partial charge in [-0.1, -0.05) is 78.3 Å². The van der Waals surface area contributed by atoms with E-state index in [9.17, 15) is 18.8 Å². The van der Waals surface area contributed by atoms with E-state index < -0.39 is 22.9 Å². The first-order chi connectivity index (χ1) is 23.2. The number of carbonyl (C=O) groups is 3. The molecule has 1 atom stereocenters. The second-order valence-electron chi connectivity index (χ2n) is 10.9. The van der Waals surface area contributed by atoms with Crippen molar-refractivity contribution in [2.45, 2.75) is 10.1 Å². The summed E-state index contributed by atoms with van der Waals surface area (Å²) in [5.74, 6) is -1.87. The summed E-state index contributed by atoms with van der Waals surface area (Å²) in [6.45, 7) is 0. The summed E-state index contributed by atoms with van der Waals surface area (Å²) in [4.78, 5) is 42.9.